The summed E-state index contributed by atoms with van der Waals surface area (Å²) in [6.07, 6.45) is 0. The van der Waals surface area contributed by atoms with Crippen molar-refractivity contribution in [1.82, 2.24) is 10.2 Å². The minimum Gasteiger partial charge on any atom is -0.481 e. The molecule has 19 heavy (non-hydrogen) atoms. The maximum absolute atomic E-state index is 10.5. The fraction of sp³-hybridized carbons (Fsp3) is 0.182. The number of nitrogens with zero attached hydrogens (tertiary/aromatic N) is 2. The Balaban J connectivity index is 2.07. The zero-order valence-corrected chi connectivity index (χ0v) is 12.3. The molecule has 1 heterocycles. The molecule has 0 saturated carbocycles. The van der Waals surface area contributed by atoms with Gasteiger partial charge in [-0.1, -0.05) is 40.8 Å². The first-order valence-corrected chi connectivity index (χ1v) is 7.44. The molecule has 0 amide bonds. The van der Waals surface area contributed by atoms with Crippen LogP contribution < -0.4 is 5.32 Å². The fourth-order valence-corrected chi connectivity index (χ4v) is 2.96. The van der Waals surface area contributed by atoms with E-state index < -0.39 is 5.97 Å². The number of hydrogen-bond donors (Lipinski definition) is 2. The van der Waals surface area contributed by atoms with Crippen LogP contribution in [-0.2, 0) is 4.79 Å². The molecule has 0 atom stereocenters. The van der Waals surface area contributed by atoms with E-state index in [0.29, 0.717) is 14.5 Å². The van der Waals surface area contributed by atoms with Crippen LogP contribution >= 0.6 is 34.7 Å². The van der Waals surface area contributed by atoms with Crippen LogP contribution in [0.3, 0.4) is 0 Å². The van der Waals surface area contributed by atoms with E-state index in [2.05, 4.69) is 15.5 Å². The third-order valence-corrected chi connectivity index (χ3v) is 4.60. The summed E-state index contributed by atoms with van der Waals surface area (Å²) < 4.78 is 0.615. The SMILES string of the molecule is Cc1c(Cl)cccc1Nc1nnc(SCC(=O)O)s1. The number of thioether (sulfide) groups is 1. The van der Waals surface area contributed by atoms with Gasteiger partial charge >= 0.3 is 5.97 Å². The molecule has 1 aromatic heterocycles. The number of halogens is 1. The summed E-state index contributed by atoms with van der Waals surface area (Å²) in [5, 5.41) is 20.9. The van der Waals surface area contributed by atoms with Crippen molar-refractivity contribution in [3.63, 3.8) is 0 Å². The Morgan fingerprint density at radius 3 is 3.05 bits per heavy atom. The molecule has 8 heteroatoms. The third kappa shape index (κ3) is 3.82. The number of aliphatic carboxylic acids is 1. The number of benzene rings is 1. The van der Waals surface area contributed by atoms with Crippen LogP contribution in [0.15, 0.2) is 22.5 Å². The van der Waals surface area contributed by atoms with Crippen molar-refractivity contribution in [2.75, 3.05) is 11.1 Å². The molecule has 0 fully saturated rings. The van der Waals surface area contributed by atoms with Crippen LogP contribution in [0.5, 0.6) is 0 Å². The van der Waals surface area contributed by atoms with Gasteiger partial charge in [0.15, 0.2) is 4.34 Å². The van der Waals surface area contributed by atoms with Gasteiger partial charge in [-0.25, -0.2) is 0 Å². The van der Waals surface area contributed by atoms with Gasteiger partial charge in [-0.2, -0.15) is 0 Å². The highest BCUT2D eigenvalue weighted by atomic mass is 35.5. The second-order valence-corrected chi connectivity index (χ2v) is 6.20. The van der Waals surface area contributed by atoms with Crippen molar-refractivity contribution in [3.05, 3.63) is 28.8 Å². The van der Waals surface area contributed by atoms with Crippen molar-refractivity contribution in [2.24, 2.45) is 0 Å². The highest BCUT2D eigenvalue weighted by Gasteiger charge is 2.09. The molecule has 100 valence electrons. The molecule has 0 aliphatic carbocycles. The molecule has 2 N–H and O–H groups in total. The maximum atomic E-state index is 10.5. The van der Waals surface area contributed by atoms with Crippen LogP contribution in [0.25, 0.3) is 0 Å². The first-order chi connectivity index (χ1) is 9.06. The van der Waals surface area contributed by atoms with Gasteiger partial charge in [-0.05, 0) is 24.6 Å². The molecule has 0 aliphatic heterocycles. The smallest absolute Gasteiger partial charge is 0.313 e. The van der Waals surface area contributed by atoms with Crippen molar-refractivity contribution < 1.29 is 9.90 Å². The summed E-state index contributed by atoms with van der Waals surface area (Å²) in [4.78, 5) is 10.5. The molecule has 0 aliphatic rings. The van der Waals surface area contributed by atoms with E-state index in [-0.39, 0.29) is 5.75 Å². The number of hydrogen-bond acceptors (Lipinski definition) is 6. The van der Waals surface area contributed by atoms with E-state index >= 15 is 0 Å². The highest BCUT2D eigenvalue weighted by molar-refractivity contribution is 8.01. The van der Waals surface area contributed by atoms with Gasteiger partial charge < -0.3 is 10.4 Å². The Bertz CT molecular complexity index is 603. The Kier molecular flexibility index (Phi) is 4.62. The number of carboxylic acid groups (broad SMARTS) is 1. The van der Waals surface area contributed by atoms with Crippen molar-refractivity contribution in [3.8, 4) is 0 Å². The Hall–Kier alpha value is -1.31. The largest absolute Gasteiger partial charge is 0.481 e. The topological polar surface area (TPSA) is 75.1 Å². The van der Waals surface area contributed by atoms with Gasteiger partial charge in [-0.15, -0.1) is 10.2 Å². The van der Waals surface area contributed by atoms with Gasteiger partial charge in [-0.3, -0.25) is 4.79 Å². The van der Waals surface area contributed by atoms with Gasteiger partial charge in [0.25, 0.3) is 0 Å². The summed E-state index contributed by atoms with van der Waals surface area (Å²) in [5.41, 5.74) is 1.79. The zero-order chi connectivity index (χ0) is 13.8. The number of rotatable bonds is 5. The molecule has 0 radical (unpaired) electrons. The van der Waals surface area contributed by atoms with E-state index in [1.807, 2.05) is 25.1 Å². The van der Waals surface area contributed by atoms with Crippen LogP contribution in [0.4, 0.5) is 10.8 Å². The van der Waals surface area contributed by atoms with Crippen LogP contribution in [-0.4, -0.2) is 27.0 Å². The molecule has 5 nitrogen and oxygen atoms in total. The molecule has 1 aromatic carbocycles. The summed E-state index contributed by atoms with van der Waals surface area (Å²) in [5.74, 6) is -0.898. The fourth-order valence-electron chi connectivity index (χ4n) is 1.30. The Labute approximate surface area is 123 Å². The lowest BCUT2D eigenvalue weighted by Crippen LogP contribution is -1.96. The lowest BCUT2D eigenvalue weighted by Gasteiger charge is -2.06. The average molecular weight is 316 g/mol. The number of nitrogens with one attached hydrogen (secondary N) is 1. The molecule has 0 unspecified atom stereocenters. The second kappa shape index (κ2) is 6.23. The molecule has 0 saturated heterocycles. The summed E-state index contributed by atoms with van der Waals surface area (Å²) in [7, 11) is 0. The van der Waals surface area contributed by atoms with Crippen LogP contribution in [0, 0.1) is 6.92 Å². The minimum absolute atomic E-state index is 0.0230. The zero-order valence-electron chi connectivity index (χ0n) is 9.88. The van der Waals surface area contributed by atoms with Crippen molar-refractivity contribution in [1.29, 1.82) is 0 Å². The van der Waals surface area contributed by atoms with Crippen molar-refractivity contribution >= 4 is 51.5 Å². The molecular weight excluding hydrogens is 306 g/mol. The molecular formula is C11H10ClN3O2S2. The number of carbonyl (C=O) groups is 1. The van der Waals surface area contributed by atoms with Crippen LogP contribution in [0.1, 0.15) is 5.56 Å². The second-order valence-electron chi connectivity index (χ2n) is 3.59. The summed E-state index contributed by atoms with van der Waals surface area (Å²) in [6.45, 7) is 1.91. The molecule has 0 bridgehead atoms. The van der Waals surface area contributed by atoms with Crippen LogP contribution in [0.2, 0.25) is 5.02 Å². The molecule has 2 rings (SSSR count). The Morgan fingerprint density at radius 2 is 2.32 bits per heavy atom. The highest BCUT2D eigenvalue weighted by Crippen LogP contribution is 2.30. The van der Waals surface area contributed by atoms with E-state index in [1.165, 1.54) is 11.3 Å². The summed E-state index contributed by atoms with van der Waals surface area (Å²) in [6, 6.07) is 5.56. The predicted octanol–water partition coefficient (Wildman–Crippen LogP) is 3.42. The number of anilines is 2. The monoisotopic (exact) mass is 315 g/mol. The number of carboxylic acids is 1. The van der Waals surface area contributed by atoms with Gasteiger partial charge in [0.05, 0.1) is 5.75 Å². The standard InChI is InChI=1S/C11H10ClN3O2S2/c1-6-7(12)3-2-4-8(6)13-10-14-15-11(19-10)18-5-9(16)17/h2-4H,5H2,1H3,(H,13,14)(H,16,17). The van der Waals surface area contributed by atoms with Gasteiger partial charge in [0, 0.05) is 10.7 Å². The first kappa shape index (κ1) is 14.1. The van der Waals surface area contributed by atoms with Gasteiger partial charge in [0.2, 0.25) is 5.13 Å². The normalized spacial score (nSPS) is 10.4. The third-order valence-electron chi connectivity index (χ3n) is 2.23. The van der Waals surface area contributed by atoms with E-state index in [9.17, 15) is 4.79 Å². The predicted molar refractivity (Wildman–Crippen MR) is 77.7 cm³/mol. The van der Waals surface area contributed by atoms with E-state index in [4.69, 9.17) is 16.7 Å². The quantitative estimate of drug-likeness (QED) is 0.823. The van der Waals surface area contributed by atoms with Gasteiger partial charge in [0.1, 0.15) is 0 Å². The molecule has 2 aromatic rings. The number of aromatic nitrogens is 2. The van der Waals surface area contributed by atoms with E-state index in [0.717, 1.165) is 23.0 Å². The Morgan fingerprint density at radius 1 is 1.53 bits per heavy atom. The summed E-state index contributed by atoms with van der Waals surface area (Å²) >= 11 is 8.48. The average Bonchev–Trinajstić information content (AvgIpc) is 2.80. The first-order valence-electron chi connectivity index (χ1n) is 5.26. The lowest BCUT2D eigenvalue weighted by atomic mass is 10.2. The minimum atomic E-state index is -0.875. The lowest BCUT2D eigenvalue weighted by molar-refractivity contribution is -0.133. The maximum Gasteiger partial charge on any atom is 0.313 e. The molecule has 0 spiro atoms. The van der Waals surface area contributed by atoms with Crippen molar-refractivity contribution in [2.45, 2.75) is 11.3 Å². The van der Waals surface area contributed by atoms with E-state index in [1.54, 1.807) is 0 Å².